The molecule has 0 atom stereocenters. The molecule has 0 aliphatic rings. The summed E-state index contributed by atoms with van der Waals surface area (Å²) in [4.78, 5) is 25.5. The molecule has 192 valence electrons. The van der Waals surface area contributed by atoms with Gasteiger partial charge in [-0.1, -0.05) is 12.1 Å². The number of alkyl halides is 3. The molecule has 3 aromatic carbocycles. The molecule has 0 aliphatic carbocycles. The molecule has 0 saturated heterocycles. The van der Waals surface area contributed by atoms with Crippen LogP contribution in [0.1, 0.15) is 38.4 Å². The number of rotatable bonds is 5. The number of amides is 1. The van der Waals surface area contributed by atoms with Crippen LogP contribution in [0.5, 0.6) is 0 Å². The molecule has 0 spiro atoms. The number of H-pyrrole nitrogens is 1. The average molecular weight is 519 g/mol. The largest absolute Gasteiger partial charge is 0.416 e. The Hall–Kier alpha value is -4.53. The third-order valence-corrected chi connectivity index (χ3v) is 6.34. The minimum Gasteiger partial charge on any atom is -0.358 e. The van der Waals surface area contributed by atoms with Crippen molar-refractivity contribution in [2.75, 3.05) is 5.32 Å². The highest BCUT2D eigenvalue weighted by Gasteiger charge is 2.31. The lowest BCUT2D eigenvalue weighted by Gasteiger charge is -2.14. The lowest BCUT2D eigenvalue weighted by molar-refractivity contribution is -0.137. The first-order valence-electron chi connectivity index (χ1n) is 11.8. The van der Waals surface area contributed by atoms with Crippen molar-refractivity contribution in [3.63, 3.8) is 0 Å². The summed E-state index contributed by atoms with van der Waals surface area (Å²) >= 11 is 0. The molecule has 0 unspecified atom stereocenters. The first-order valence-corrected chi connectivity index (χ1v) is 11.8. The molecular weight excluding hydrogens is 496 g/mol. The Morgan fingerprint density at radius 1 is 0.921 bits per heavy atom. The maximum Gasteiger partial charge on any atom is 0.416 e. The first kappa shape index (κ1) is 25.1. The van der Waals surface area contributed by atoms with E-state index in [0.717, 1.165) is 34.3 Å². The fourth-order valence-electron chi connectivity index (χ4n) is 4.19. The highest BCUT2D eigenvalue weighted by atomic mass is 19.4. The van der Waals surface area contributed by atoms with Crippen molar-refractivity contribution in [3.05, 3.63) is 112 Å². The van der Waals surface area contributed by atoms with Gasteiger partial charge in [0.1, 0.15) is 11.6 Å². The molecule has 5 rings (SSSR count). The summed E-state index contributed by atoms with van der Waals surface area (Å²) in [6, 6.07) is 16.2. The molecule has 0 radical (unpaired) electrons. The summed E-state index contributed by atoms with van der Waals surface area (Å²) in [7, 11) is 0. The van der Waals surface area contributed by atoms with Gasteiger partial charge in [-0.2, -0.15) is 13.2 Å². The standard InChI is InChI=1S/C29H22F4N4O/c1-16-3-5-19(28(38)36-24-15-21(29(31,32)33)8-4-17(24)2)13-20(16)14-25-35-23-11-12-34-27(23)26(37-25)18-6-9-22(30)10-7-18/h3-13,15,34H,14H2,1-2H3,(H,36,38). The Morgan fingerprint density at radius 3 is 2.39 bits per heavy atom. The van der Waals surface area contributed by atoms with Gasteiger partial charge in [0.05, 0.1) is 22.3 Å². The van der Waals surface area contributed by atoms with E-state index in [4.69, 9.17) is 4.98 Å². The van der Waals surface area contributed by atoms with Crippen LogP contribution in [0, 0.1) is 19.7 Å². The monoisotopic (exact) mass is 518 g/mol. The molecule has 0 aliphatic heterocycles. The molecule has 5 aromatic rings. The molecule has 2 aromatic heterocycles. The van der Waals surface area contributed by atoms with Crippen LogP contribution in [0.3, 0.4) is 0 Å². The molecule has 1 amide bonds. The number of fused-ring (bicyclic) bond motifs is 1. The zero-order valence-corrected chi connectivity index (χ0v) is 20.4. The van der Waals surface area contributed by atoms with Crippen molar-refractivity contribution in [1.82, 2.24) is 15.0 Å². The van der Waals surface area contributed by atoms with E-state index in [-0.39, 0.29) is 11.5 Å². The number of aromatic amines is 1. The lowest BCUT2D eigenvalue weighted by atomic mass is 10.0. The average Bonchev–Trinajstić information content (AvgIpc) is 3.35. The second-order valence-electron chi connectivity index (χ2n) is 9.03. The van der Waals surface area contributed by atoms with Gasteiger partial charge in [-0.25, -0.2) is 14.4 Å². The van der Waals surface area contributed by atoms with Crippen molar-refractivity contribution >= 4 is 22.6 Å². The van der Waals surface area contributed by atoms with Crippen LogP contribution in [-0.2, 0) is 12.6 Å². The fraction of sp³-hybridized carbons (Fsp3) is 0.138. The Morgan fingerprint density at radius 2 is 1.66 bits per heavy atom. The van der Waals surface area contributed by atoms with Crippen LogP contribution in [0.25, 0.3) is 22.3 Å². The number of hydrogen-bond donors (Lipinski definition) is 2. The number of nitrogens with zero attached hydrogens (tertiary/aromatic N) is 2. The Kier molecular flexibility index (Phi) is 6.44. The Labute approximate surface area is 215 Å². The Balaban J connectivity index is 1.45. The van der Waals surface area contributed by atoms with Crippen LogP contribution in [0.2, 0.25) is 0 Å². The number of aryl methyl sites for hydroxylation is 2. The Bertz CT molecular complexity index is 1660. The second-order valence-corrected chi connectivity index (χ2v) is 9.03. The third kappa shape index (κ3) is 5.13. The predicted octanol–water partition coefficient (Wildman–Crippen LogP) is 7.24. The molecule has 2 N–H and O–H groups in total. The normalized spacial score (nSPS) is 11.6. The zero-order chi connectivity index (χ0) is 27.0. The van der Waals surface area contributed by atoms with Gasteiger partial charge >= 0.3 is 6.18 Å². The van der Waals surface area contributed by atoms with Crippen molar-refractivity contribution in [2.24, 2.45) is 0 Å². The summed E-state index contributed by atoms with van der Waals surface area (Å²) < 4.78 is 52.9. The van der Waals surface area contributed by atoms with Gasteiger partial charge in [-0.3, -0.25) is 4.79 Å². The lowest BCUT2D eigenvalue weighted by Crippen LogP contribution is -2.15. The third-order valence-electron chi connectivity index (χ3n) is 6.34. The SMILES string of the molecule is Cc1ccc(C(=O)Nc2cc(C(F)(F)F)ccc2C)cc1Cc1nc(-c2ccc(F)cc2)c2[nH]ccc2n1. The minimum atomic E-state index is -4.52. The first-order chi connectivity index (χ1) is 18.1. The van der Waals surface area contributed by atoms with Gasteiger partial charge in [-0.15, -0.1) is 0 Å². The number of halogens is 4. The van der Waals surface area contributed by atoms with E-state index < -0.39 is 17.6 Å². The van der Waals surface area contributed by atoms with Crippen LogP contribution in [0.4, 0.5) is 23.2 Å². The van der Waals surface area contributed by atoms with Gasteiger partial charge in [0.25, 0.3) is 5.91 Å². The van der Waals surface area contributed by atoms with E-state index in [0.29, 0.717) is 34.6 Å². The molecule has 0 fully saturated rings. The van der Waals surface area contributed by atoms with E-state index in [1.807, 2.05) is 13.0 Å². The smallest absolute Gasteiger partial charge is 0.358 e. The molecule has 0 bridgehead atoms. The number of hydrogen-bond acceptors (Lipinski definition) is 3. The highest BCUT2D eigenvalue weighted by molar-refractivity contribution is 6.04. The summed E-state index contributed by atoms with van der Waals surface area (Å²) in [5.41, 5.74) is 4.53. The molecular formula is C29H22F4N4O. The highest BCUT2D eigenvalue weighted by Crippen LogP contribution is 2.32. The molecule has 9 heteroatoms. The summed E-state index contributed by atoms with van der Waals surface area (Å²) in [5, 5.41) is 2.60. The number of carbonyl (C=O) groups excluding carboxylic acids is 1. The summed E-state index contributed by atoms with van der Waals surface area (Å²) in [6.45, 7) is 3.52. The van der Waals surface area contributed by atoms with Gasteiger partial charge in [0.2, 0.25) is 0 Å². The van der Waals surface area contributed by atoms with E-state index in [2.05, 4.69) is 15.3 Å². The van der Waals surface area contributed by atoms with Gasteiger partial charge in [0, 0.05) is 29.4 Å². The second kappa shape index (κ2) is 9.74. The molecule has 2 heterocycles. The van der Waals surface area contributed by atoms with Crippen molar-refractivity contribution < 1.29 is 22.4 Å². The topological polar surface area (TPSA) is 70.7 Å². The predicted molar refractivity (Wildman–Crippen MR) is 137 cm³/mol. The van der Waals surface area contributed by atoms with Crippen LogP contribution in [0.15, 0.2) is 72.9 Å². The molecule has 5 nitrogen and oxygen atoms in total. The maximum atomic E-state index is 13.5. The van der Waals surface area contributed by atoms with Gasteiger partial charge in [-0.05, 0) is 85.1 Å². The van der Waals surface area contributed by atoms with E-state index >= 15 is 0 Å². The number of carbonyl (C=O) groups is 1. The van der Waals surface area contributed by atoms with Gasteiger partial charge < -0.3 is 10.3 Å². The van der Waals surface area contributed by atoms with Crippen LogP contribution in [-0.4, -0.2) is 20.9 Å². The van der Waals surface area contributed by atoms with Crippen LogP contribution < -0.4 is 5.32 Å². The van der Waals surface area contributed by atoms with E-state index in [1.165, 1.54) is 18.2 Å². The quantitative estimate of drug-likeness (QED) is 0.241. The van der Waals surface area contributed by atoms with E-state index in [9.17, 15) is 22.4 Å². The van der Waals surface area contributed by atoms with Crippen molar-refractivity contribution in [2.45, 2.75) is 26.4 Å². The van der Waals surface area contributed by atoms with Gasteiger partial charge in [0.15, 0.2) is 0 Å². The summed E-state index contributed by atoms with van der Waals surface area (Å²) in [6.07, 6.45) is -2.45. The molecule has 0 saturated carbocycles. The van der Waals surface area contributed by atoms with E-state index in [1.54, 1.807) is 43.5 Å². The zero-order valence-electron chi connectivity index (χ0n) is 20.4. The number of nitrogens with one attached hydrogen (secondary N) is 2. The van der Waals surface area contributed by atoms with Crippen LogP contribution >= 0.6 is 0 Å². The number of aromatic nitrogens is 3. The maximum absolute atomic E-state index is 13.5. The minimum absolute atomic E-state index is 0.0946. The van der Waals surface area contributed by atoms with Crippen molar-refractivity contribution in [1.29, 1.82) is 0 Å². The fourth-order valence-corrected chi connectivity index (χ4v) is 4.19. The number of anilines is 1. The van der Waals surface area contributed by atoms with Crippen molar-refractivity contribution in [3.8, 4) is 11.3 Å². The summed E-state index contributed by atoms with van der Waals surface area (Å²) in [5.74, 6) is -0.370. The number of benzene rings is 3. The molecule has 38 heavy (non-hydrogen) atoms.